The van der Waals surface area contributed by atoms with Gasteiger partial charge in [0.1, 0.15) is 6.33 Å². The van der Waals surface area contributed by atoms with E-state index in [0.717, 1.165) is 65.0 Å². The Bertz CT molecular complexity index is 573. The van der Waals surface area contributed by atoms with Crippen molar-refractivity contribution >= 4 is 17.3 Å². The highest BCUT2D eigenvalue weighted by atomic mass is 16.6. The molecule has 0 unspecified atom stereocenters. The Kier molecular flexibility index (Phi) is 6.35. The summed E-state index contributed by atoms with van der Waals surface area (Å²) in [6, 6.07) is 0.266. The molecule has 138 valence electrons. The van der Waals surface area contributed by atoms with Crippen LogP contribution in [0.5, 0.6) is 0 Å². The van der Waals surface area contributed by atoms with E-state index < -0.39 is 4.92 Å². The first-order valence-corrected chi connectivity index (χ1v) is 9.04. The van der Waals surface area contributed by atoms with Crippen LogP contribution in [-0.4, -0.2) is 65.2 Å². The molecule has 1 aromatic rings. The fourth-order valence-corrected chi connectivity index (χ4v) is 3.38. The molecule has 2 N–H and O–H groups in total. The van der Waals surface area contributed by atoms with Gasteiger partial charge in [0.05, 0.1) is 18.1 Å². The first-order valence-electron chi connectivity index (χ1n) is 9.04. The fourth-order valence-electron chi connectivity index (χ4n) is 3.38. The second-order valence-electron chi connectivity index (χ2n) is 6.54. The number of hydrogen-bond acceptors (Lipinski definition) is 8. The normalized spacial score (nSPS) is 19.0. The SMILES string of the molecule is O=[N+]([O-])c1c(NCCCN2CCOCC2)ncnc1NC1CCCC1. The van der Waals surface area contributed by atoms with Crippen LogP contribution in [0, 0.1) is 10.1 Å². The van der Waals surface area contributed by atoms with Crippen LogP contribution in [0.3, 0.4) is 0 Å². The standard InChI is InChI=1S/C16H26N6O3/c23-22(24)14-15(17-6-3-7-21-8-10-25-11-9-21)18-12-19-16(14)20-13-4-1-2-5-13/h12-13H,1-11H2,(H2,17,18,19,20). The highest BCUT2D eigenvalue weighted by Crippen LogP contribution is 2.31. The zero-order valence-electron chi connectivity index (χ0n) is 14.4. The van der Waals surface area contributed by atoms with Gasteiger partial charge >= 0.3 is 5.69 Å². The summed E-state index contributed by atoms with van der Waals surface area (Å²) in [5.41, 5.74) is -0.0548. The quantitative estimate of drug-likeness (QED) is 0.416. The number of nitro groups is 1. The van der Waals surface area contributed by atoms with Crippen molar-refractivity contribution in [3.8, 4) is 0 Å². The van der Waals surface area contributed by atoms with Crippen molar-refractivity contribution in [3.63, 3.8) is 0 Å². The Morgan fingerprint density at radius 1 is 1.24 bits per heavy atom. The van der Waals surface area contributed by atoms with E-state index in [1.165, 1.54) is 6.33 Å². The fraction of sp³-hybridized carbons (Fsp3) is 0.750. The van der Waals surface area contributed by atoms with Crippen molar-refractivity contribution in [2.45, 2.75) is 38.1 Å². The predicted molar refractivity (Wildman–Crippen MR) is 94.9 cm³/mol. The van der Waals surface area contributed by atoms with Crippen LogP contribution in [0.15, 0.2) is 6.33 Å². The molecule has 9 heteroatoms. The van der Waals surface area contributed by atoms with Gasteiger partial charge in [0, 0.05) is 25.7 Å². The smallest absolute Gasteiger partial charge is 0.353 e. The van der Waals surface area contributed by atoms with Gasteiger partial charge in [-0.15, -0.1) is 0 Å². The lowest BCUT2D eigenvalue weighted by atomic mass is 10.2. The van der Waals surface area contributed by atoms with Crippen molar-refractivity contribution in [2.75, 3.05) is 50.0 Å². The van der Waals surface area contributed by atoms with Gasteiger partial charge in [0.25, 0.3) is 0 Å². The molecule has 1 aliphatic carbocycles. The topological polar surface area (TPSA) is 105 Å². The van der Waals surface area contributed by atoms with Crippen LogP contribution in [-0.2, 0) is 4.74 Å². The average molecular weight is 350 g/mol. The van der Waals surface area contributed by atoms with Gasteiger partial charge in [-0.3, -0.25) is 15.0 Å². The van der Waals surface area contributed by atoms with Crippen LogP contribution in [0.25, 0.3) is 0 Å². The van der Waals surface area contributed by atoms with Crippen LogP contribution in [0.4, 0.5) is 17.3 Å². The summed E-state index contributed by atoms with van der Waals surface area (Å²) in [7, 11) is 0. The number of hydrogen-bond donors (Lipinski definition) is 2. The number of anilines is 2. The molecule has 0 spiro atoms. The van der Waals surface area contributed by atoms with E-state index in [1.54, 1.807) is 0 Å². The van der Waals surface area contributed by atoms with Crippen molar-refractivity contribution in [2.24, 2.45) is 0 Å². The number of morpholine rings is 1. The Hall–Kier alpha value is -2.00. The monoisotopic (exact) mass is 350 g/mol. The summed E-state index contributed by atoms with van der Waals surface area (Å²) >= 11 is 0. The van der Waals surface area contributed by atoms with Crippen molar-refractivity contribution in [1.29, 1.82) is 0 Å². The van der Waals surface area contributed by atoms with Gasteiger partial charge in [-0.25, -0.2) is 9.97 Å². The molecule has 9 nitrogen and oxygen atoms in total. The summed E-state index contributed by atoms with van der Waals surface area (Å²) in [6.45, 7) is 5.04. The lowest BCUT2D eigenvalue weighted by Crippen LogP contribution is -2.37. The molecule has 0 amide bonds. The molecule has 0 aromatic carbocycles. The van der Waals surface area contributed by atoms with Gasteiger partial charge < -0.3 is 15.4 Å². The molecular weight excluding hydrogens is 324 g/mol. The third-order valence-corrected chi connectivity index (χ3v) is 4.75. The van der Waals surface area contributed by atoms with Gasteiger partial charge in [0.2, 0.25) is 11.6 Å². The molecule has 0 atom stereocenters. The number of nitrogens with zero attached hydrogens (tertiary/aromatic N) is 4. The number of nitrogens with one attached hydrogen (secondary N) is 2. The van der Waals surface area contributed by atoms with Gasteiger partial charge in [-0.1, -0.05) is 12.8 Å². The van der Waals surface area contributed by atoms with Crippen molar-refractivity contribution in [1.82, 2.24) is 14.9 Å². The third kappa shape index (κ3) is 4.99. The molecule has 1 aromatic heterocycles. The first kappa shape index (κ1) is 17.8. The van der Waals surface area contributed by atoms with E-state index in [-0.39, 0.29) is 11.7 Å². The zero-order valence-corrected chi connectivity index (χ0v) is 14.4. The average Bonchev–Trinajstić information content (AvgIpc) is 3.12. The zero-order chi connectivity index (χ0) is 17.5. The van der Waals surface area contributed by atoms with Gasteiger partial charge in [-0.2, -0.15) is 0 Å². The molecule has 0 bridgehead atoms. The van der Waals surface area contributed by atoms with E-state index in [0.29, 0.717) is 18.2 Å². The van der Waals surface area contributed by atoms with Gasteiger partial charge in [0.15, 0.2) is 0 Å². The molecule has 1 saturated carbocycles. The highest BCUT2D eigenvalue weighted by Gasteiger charge is 2.25. The Morgan fingerprint density at radius 3 is 2.68 bits per heavy atom. The molecule has 1 saturated heterocycles. The second kappa shape index (κ2) is 8.91. The van der Waals surface area contributed by atoms with E-state index in [2.05, 4.69) is 25.5 Å². The number of ether oxygens (including phenoxy) is 1. The van der Waals surface area contributed by atoms with E-state index in [4.69, 9.17) is 4.74 Å². The second-order valence-corrected chi connectivity index (χ2v) is 6.54. The maximum atomic E-state index is 11.5. The van der Waals surface area contributed by atoms with Crippen LogP contribution in [0.2, 0.25) is 0 Å². The lowest BCUT2D eigenvalue weighted by Gasteiger charge is -2.26. The van der Waals surface area contributed by atoms with Gasteiger partial charge in [-0.05, 0) is 25.8 Å². The molecule has 2 fully saturated rings. The molecule has 1 aliphatic heterocycles. The van der Waals surface area contributed by atoms with Crippen molar-refractivity contribution in [3.05, 3.63) is 16.4 Å². The summed E-state index contributed by atoms with van der Waals surface area (Å²) in [4.78, 5) is 21.6. The minimum Gasteiger partial charge on any atom is -0.379 e. The van der Waals surface area contributed by atoms with Crippen LogP contribution >= 0.6 is 0 Å². The van der Waals surface area contributed by atoms with E-state index in [1.807, 2.05) is 0 Å². The van der Waals surface area contributed by atoms with Crippen LogP contribution < -0.4 is 10.6 Å². The van der Waals surface area contributed by atoms with Crippen molar-refractivity contribution < 1.29 is 9.66 Å². The maximum Gasteiger partial charge on any atom is 0.353 e. The maximum absolute atomic E-state index is 11.5. The number of aromatic nitrogens is 2. The Labute approximate surface area is 147 Å². The summed E-state index contributed by atoms with van der Waals surface area (Å²) < 4.78 is 5.33. The lowest BCUT2D eigenvalue weighted by molar-refractivity contribution is -0.383. The minimum atomic E-state index is -0.401. The molecule has 25 heavy (non-hydrogen) atoms. The summed E-state index contributed by atoms with van der Waals surface area (Å²) in [6.07, 6.45) is 6.65. The summed E-state index contributed by atoms with van der Waals surface area (Å²) in [5.74, 6) is 0.616. The molecular formula is C16H26N6O3. The van der Waals surface area contributed by atoms with Crippen LogP contribution in [0.1, 0.15) is 32.1 Å². The predicted octanol–water partition coefficient (Wildman–Crippen LogP) is 1.87. The summed E-state index contributed by atoms with van der Waals surface area (Å²) in [5, 5.41) is 17.8. The Balaban J connectivity index is 1.56. The number of rotatable bonds is 8. The molecule has 2 aliphatic rings. The molecule has 3 rings (SSSR count). The molecule has 0 radical (unpaired) electrons. The highest BCUT2D eigenvalue weighted by molar-refractivity contribution is 5.69. The van der Waals surface area contributed by atoms with E-state index >= 15 is 0 Å². The minimum absolute atomic E-state index is 0.0548. The first-order chi connectivity index (χ1) is 12.2. The third-order valence-electron chi connectivity index (χ3n) is 4.75. The molecule has 2 heterocycles. The Morgan fingerprint density at radius 2 is 1.96 bits per heavy atom. The largest absolute Gasteiger partial charge is 0.379 e. The van der Waals surface area contributed by atoms with E-state index in [9.17, 15) is 10.1 Å².